The molecule has 0 amide bonds. The number of hydrogen-bond donors (Lipinski definition) is 1. The zero-order valence-electron chi connectivity index (χ0n) is 7.90. The molecule has 14 heavy (non-hydrogen) atoms. The van der Waals surface area contributed by atoms with E-state index in [9.17, 15) is 4.79 Å². The Labute approximate surface area is 89.8 Å². The molecule has 1 unspecified atom stereocenters. The molecule has 0 saturated heterocycles. The largest absolute Gasteiger partial charge is 0.480 e. The molecule has 0 aromatic carbocycles. The smallest absolute Gasteiger partial charge is 0.329 e. The van der Waals surface area contributed by atoms with Crippen LogP contribution in [0, 0.1) is 0 Å². The predicted octanol–water partition coefficient (Wildman–Crippen LogP) is 1.34. The number of carboxylic acids is 1. The van der Waals surface area contributed by atoms with E-state index >= 15 is 0 Å². The van der Waals surface area contributed by atoms with Gasteiger partial charge in [-0.3, -0.25) is 0 Å². The summed E-state index contributed by atoms with van der Waals surface area (Å²) < 4.78 is 7.58. The first-order chi connectivity index (χ1) is 6.50. The molecule has 78 valence electrons. The van der Waals surface area contributed by atoms with E-state index in [-0.39, 0.29) is 12.7 Å². The van der Waals surface area contributed by atoms with Crippen LogP contribution in [0.15, 0.2) is 10.8 Å². The van der Waals surface area contributed by atoms with Crippen LogP contribution >= 0.6 is 15.9 Å². The van der Waals surface area contributed by atoms with Crippen LogP contribution in [0.3, 0.4) is 0 Å². The quantitative estimate of drug-likeness (QED) is 0.890. The fraction of sp³-hybridized carbons (Fsp3) is 0.500. The van der Waals surface area contributed by atoms with Crippen molar-refractivity contribution in [2.75, 3.05) is 6.61 Å². The molecule has 0 spiro atoms. The first-order valence-electron chi connectivity index (χ1n) is 4.03. The molecule has 6 heteroatoms. The van der Waals surface area contributed by atoms with Gasteiger partial charge in [0.25, 0.3) is 0 Å². The number of aryl methyl sites for hydroxylation is 1. The SMILES string of the molecule is CC(OCC(=O)O)c1nc(Br)cn1C. The second kappa shape index (κ2) is 4.56. The third-order valence-corrected chi connectivity index (χ3v) is 2.09. The summed E-state index contributed by atoms with van der Waals surface area (Å²) in [6.07, 6.45) is 1.46. The Morgan fingerprint density at radius 2 is 2.50 bits per heavy atom. The first kappa shape index (κ1) is 11.2. The van der Waals surface area contributed by atoms with Gasteiger partial charge >= 0.3 is 5.97 Å². The molecule has 0 aliphatic carbocycles. The number of ether oxygens (including phenoxy) is 1. The zero-order valence-corrected chi connectivity index (χ0v) is 9.48. The molecule has 1 aromatic rings. The van der Waals surface area contributed by atoms with Gasteiger partial charge in [0.1, 0.15) is 23.1 Å². The minimum atomic E-state index is -0.981. The lowest BCUT2D eigenvalue weighted by Gasteiger charge is -2.10. The van der Waals surface area contributed by atoms with E-state index in [1.54, 1.807) is 17.7 Å². The van der Waals surface area contributed by atoms with Gasteiger partial charge < -0.3 is 14.4 Å². The number of nitrogens with zero attached hydrogens (tertiary/aromatic N) is 2. The first-order valence-corrected chi connectivity index (χ1v) is 4.82. The summed E-state index contributed by atoms with van der Waals surface area (Å²) in [6.45, 7) is 1.45. The summed E-state index contributed by atoms with van der Waals surface area (Å²) in [7, 11) is 1.83. The number of aliphatic carboxylic acids is 1. The molecule has 0 aliphatic rings. The van der Waals surface area contributed by atoms with Crippen LogP contribution in [-0.2, 0) is 16.6 Å². The molecule has 0 bridgehead atoms. The third kappa shape index (κ3) is 2.81. The Hall–Kier alpha value is -0.880. The Kier molecular flexibility index (Phi) is 3.65. The van der Waals surface area contributed by atoms with Crippen LogP contribution in [0.5, 0.6) is 0 Å². The van der Waals surface area contributed by atoms with Crippen LogP contribution in [0.25, 0.3) is 0 Å². The van der Waals surface area contributed by atoms with Gasteiger partial charge in [-0.2, -0.15) is 0 Å². The molecular formula is C8H11BrN2O3. The highest BCUT2D eigenvalue weighted by Gasteiger charge is 2.13. The van der Waals surface area contributed by atoms with Gasteiger partial charge in [-0.25, -0.2) is 9.78 Å². The maximum atomic E-state index is 10.3. The maximum Gasteiger partial charge on any atom is 0.329 e. The van der Waals surface area contributed by atoms with Crippen molar-refractivity contribution in [1.29, 1.82) is 0 Å². The van der Waals surface area contributed by atoms with Gasteiger partial charge in [0.05, 0.1) is 0 Å². The van der Waals surface area contributed by atoms with E-state index in [0.717, 1.165) is 0 Å². The number of halogens is 1. The number of rotatable bonds is 4. The van der Waals surface area contributed by atoms with E-state index < -0.39 is 5.97 Å². The average molecular weight is 263 g/mol. The number of imidazole rings is 1. The van der Waals surface area contributed by atoms with Crippen molar-refractivity contribution in [1.82, 2.24) is 9.55 Å². The fourth-order valence-corrected chi connectivity index (χ4v) is 1.58. The van der Waals surface area contributed by atoms with E-state index in [2.05, 4.69) is 20.9 Å². The van der Waals surface area contributed by atoms with E-state index in [4.69, 9.17) is 9.84 Å². The number of hydrogen-bond acceptors (Lipinski definition) is 3. The standard InChI is InChI=1S/C8H11BrN2O3/c1-5(14-4-7(12)13)8-10-6(9)3-11(8)2/h3,5H,4H2,1-2H3,(H,12,13). The van der Waals surface area contributed by atoms with Crippen LogP contribution in [0.4, 0.5) is 0 Å². The normalized spacial score (nSPS) is 12.8. The Morgan fingerprint density at radius 3 is 2.93 bits per heavy atom. The molecule has 1 heterocycles. The van der Waals surface area contributed by atoms with Crippen molar-refractivity contribution < 1.29 is 14.6 Å². The summed E-state index contributed by atoms with van der Waals surface area (Å²) in [6, 6.07) is 0. The van der Waals surface area contributed by atoms with Crippen molar-refractivity contribution in [3.05, 3.63) is 16.6 Å². The lowest BCUT2D eigenvalue weighted by molar-refractivity contribution is -0.144. The summed E-state index contributed by atoms with van der Waals surface area (Å²) in [4.78, 5) is 14.4. The average Bonchev–Trinajstić information content (AvgIpc) is 2.41. The number of carbonyl (C=O) groups is 1. The number of aromatic nitrogens is 2. The highest BCUT2D eigenvalue weighted by atomic mass is 79.9. The van der Waals surface area contributed by atoms with Crippen molar-refractivity contribution >= 4 is 21.9 Å². The van der Waals surface area contributed by atoms with Gasteiger partial charge in [-0.1, -0.05) is 0 Å². The minimum Gasteiger partial charge on any atom is -0.480 e. The molecule has 1 N–H and O–H groups in total. The monoisotopic (exact) mass is 262 g/mol. The van der Waals surface area contributed by atoms with Crippen LogP contribution in [0.1, 0.15) is 18.9 Å². The van der Waals surface area contributed by atoms with E-state index in [1.807, 2.05) is 7.05 Å². The molecule has 0 fully saturated rings. The van der Waals surface area contributed by atoms with Gasteiger partial charge in [0, 0.05) is 13.2 Å². The minimum absolute atomic E-state index is 0.314. The van der Waals surface area contributed by atoms with Crippen LogP contribution in [0.2, 0.25) is 0 Å². The zero-order chi connectivity index (χ0) is 10.7. The molecule has 1 aromatic heterocycles. The van der Waals surface area contributed by atoms with Crippen molar-refractivity contribution in [2.45, 2.75) is 13.0 Å². The summed E-state index contributed by atoms with van der Waals surface area (Å²) in [5.41, 5.74) is 0. The molecule has 0 saturated carbocycles. The van der Waals surface area contributed by atoms with Crippen LogP contribution in [-0.4, -0.2) is 27.2 Å². The highest BCUT2D eigenvalue weighted by molar-refractivity contribution is 9.10. The fourth-order valence-electron chi connectivity index (χ4n) is 1.09. The predicted molar refractivity (Wildman–Crippen MR) is 52.9 cm³/mol. The summed E-state index contributed by atoms with van der Waals surface area (Å²) in [5, 5.41) is 8.42. The second-order valence-corrected chi connectivity index (χ2v) is 3.69. The van der Waals surface area contributed by atoms with Crippen molar-refractivity contribution in [3.8, 4) is 0 Å². The third-order valence-electron chi connectivity index (χ3n) is 1.70. The Bertz CT molecular complexity index is 337. The van der Waals surface area contributed by atoms with Gasteiger partial charge in [0.2, 0.25) is 0 Å². The van der Waals surface area contributed by atoms with E-state index in [0.29, 0.717) is 10.4 Å². The summed E-state index contributed by atoms with van der Waals surface area (Å²) in [5.74, 6) is -0.289. The number of carboxylic acid groups (broad SMARTS) is 1. The van der Waals surface area contributed by atoms with Crippen molar-refractivity contribution in [2.24, 2.45) is 7.05 Å². The molecule has 0 aliphatic heterocycles. The maximum absolute atomic E-state index is 10.3. The van der Waals surface area contributed by atoms with Crippen molar-refractivity contribution in [3.63, 3.8) is 0 Å². The molecule has 1 rings (SSSR count). The van der Waals surface area contributed by atoms with E-state index in [1.165, 1.54) is 0 Å². The summed E-state index contributed by atoms with van der Waals surface area (Å²) >= 11 is 3.23. The van der Waals surface area contributed by atoms with Gasteiger partial charge in [-0.15, -0.1) is 0 Å². The molecule has 5 nitrogen and oxygen atoms in total. The Morgan fingerprint density at radius 1 is 1.86 bits per heavy atom. The molecule has 1 atom stereocenters. The topological polar surface area (TPSA) is 64.3 Å². The molecule has 0 radical (unpaired) electrons. The highest BCUT2D eigenvalue weighted by Crippen LogP contribution is 2.17. The second-order valence-electron chi connectivity index (χ2n) is 2.88. The molecular weight excluding hydrogens is 252 g/mol. The Balaban J connectivity index is 2.64. The van der Waals surface area contributed by atoms with Crippen LogP contribution < -0.4 is 0 Å². The van der Waals surface area contributed by atoms with Gasteiger partial charge in [0.15, 0.2) is 0 Å². The lowest BCUT2D eigenvalue weighted by Crippen LogP contribution is -2.12. The lowest BCUT2D eigenvalue weighted by atomic mass is 10.4. The van der Waals surface area contributed by atoms with Gasteiger partial charge in [-0.05, 0) is 22.9 Å².